The minimum atomic E-state index is -0.465. The third-order valence-electron chi connectivity index (χ3n) is 1.53. The summed E-state index contributed by atoms with van der Waals surface area (Å²) in [4.78, 5) is 0. The zero-order chi connectivity index (χ0) is 8.27. The Bertz CT molecular complexity index is 222. The molecular formula is C8H11ClNO+. The molecule has 0 saturated heterocycles. The van der Waals surface area contributed by atoms with Gasteiger partial charge in [-0.1, -0.05) is 23.7 Å². The third-order valence-corrected chi connectivity index (χ3v) is 1.78. The van der Waals surface area contributed by atoms with Gasteiger partial charge in [0.15, 0.2) is 0 Å². The lowest BCUT2D eigenvalue weighted by Crippen LogP contribution is -2.52. The number of aliphatic hydroxyl groups excluding tert-OH is 1. The van der Waals surface area contributed by atoms with Crippen molar-refractivity contribution in [1.29, 1.82) is 0 Å². The molecule has 0 unspecified atom stereocenters. The van der Waals surface area contributed by atoms with Crippen molar-refractivity contribution in [1.82, 2.24) is 0 Å². The van der Waals surface area contributed by atoms with Crippen molar-refractivity contribution in [2.45, 2.75) is 6.10 Å². The molecule has 1 atom stereocenters. The summed E-state index contributed by atoms with van der Waals surface area (Å²) < 4.78 is 0. The Balaban J connectivity index is 2.81. The van der Waals surface area contributed by atoms with Crippen LogP contribution >= 0.6 is 11.6 Å². The van der Waals surface area contributed by atoms with Gasteiger partial charge in [-0.05, 0) is 17.7 Å². The van der Waals surface area contributed by atoms with Crippen LogP contribution in [-0.4, -0.2) is 11.7 Å². The summed E-state index contributed by atoms with van der Waals surface area (Å²) in [7, 11) is 0. The first-order valence-electron chi connectivity index (χ1n) is 3.47. The average Bonchev–Trinajstić information content (AvgIpc) is 2.05. The number of quaternary nitrogens is 1. The maximum absolute atomic E-state index is 9.31. The van der Waals surface area contributed by atoms with Crippen LogP contribution < -0.4 is 5.73 Å². The first-order chi connectivity index (χ1) is 5.24. The zero-order valence-corrected chi connectivity index (χ0v) is 6.88. The molecule has 1 aromatic carbocycles. The summed E-state index contributed by atoms with van der Waals surface area (Å²) in [5, 5.41) is 10.00. The first-order valence-corrected chi connectivity index (χ1v) is 3.84. The van der Waals surface area contributed by atoms with Gasteiger partial charge in [0.1, 0.15) is 12.6 Å². The molecule has 0 spiro atoms. The Morgan fingerprint density at radius 2 is 1.91 bits per heavy atom. The number of benzene rings is 1. The monoisotopic (exact) mass is 172 g/mol. The first kappa shape index (κ1) is 8.53. The van der Waals surface area contributed by atoms with E-state index in [1.807, 2.05) is 0 Å². The van der Waals surface area contributed by atoms with E-state index in [-0.39, 0.29) is 0 Å². The second-order valence-electron chi connectivity index (χ2n) is 2.36. The normalized spacial score (nSPS) is 13.0. The fourth-order valence-corrected chi connectivity index (χ4v) is 0.978. The minimum Gasteiger partial charge on any atom is -0.382 e. The molecule has 0 saturated carbocycles. The van der Waals surface area contributed by atoms with Crippen LogP contribution in [-0.2, 0) is 0 Å². The second-order valence-corrected chi connectivity index (χ2v) is 2.79. The van der Waals surface area contributed by atoms with Crippen LogP contribution in [0, 0.1) is 0 Å². The maximum atomic E-state index is 9.31. The molecule has 60 valence electrons. The fourth-order valence-electron chi connectivity index (χ4n) is 0.852. The van der Waals surface area contributed by atoms with E-state index >= 15 is 0 Å². The van der Waals surface area contributed by atoms with Gasteiger partial charge in [0.05, 0.1) is 0 Å². The summed E-state index contributed by atoms with van der Waals surface area (Å²) in [5.74, 6) is 0. The molecule has 0 aliphatic heterocycles. The molecule has 0 fully saturated rings. The summed E-state index contributed by atoms with van der Waals surface area (Å²) >= 11 is 5.66. The largest absolute Gasteiger partial charge is 0.382 e. The molecule has 0 amide bonds. The molecule has 4 N–H and O–H groups in total. The lowest BCUT2D eigenvalue weighted by atomic mass is 10.1. The van der Waals surface area contributed by atoms with Gasteiger partial charge in [-0.25, -0.2) is 0 Å². The van der Waals surface area contributed by atoms with E-state index in [1.54, 1.807) is 24.3 Å². The highest BCUT2D eigenvalue weighted by Gasteiger charge is 2.05. The summed E-state index contributed by atoms with van der Waals surface area (Å²) in [6.07, 6.45) is -0.465. The molecular weight excluding hydrogens is 162 g/mol. The van der Waals surface area contributed by atoms with Crippen LogP contribution in [0.15, 0.2) is 24.3 Å². The predicted molar refractivity (Wildman–Crippen MR) is 44.2 cm³/mol. The lowest BCUT2D eigenvalue weighted by molar-refractivity contribution is -0.385. The number of rotatable bonds is 2. The van der Waals surface area contributed by atoms with Gasteiger partial charge in [0, 0.05) is 5.02 Å². The van der Waals surface area contributed by atoms with Gasteiger partial charge in [-0.15, -0.1) is 0 Å². The number of halogens is 1. The van der Waals surface area contributed by atoms with Gasteiger partial charge >= 0.3 is 0 Å². The van der Waals surface area contributed by atoms with E-state index in [4.69, 9.17) is 11.6 Å². The van der Waals surface area contributed by atoms with Crippen LogP contribution in [0.4, 0.5) is 0 Å². The van der Waals surface area contributed by atoms with Crippen LogP contribution in [0.5, 0.6) is 0 Å². The van der Waals surface area contributed by atoms with Crippen LogP contribution in [0.25, 0.3) is 0 Å². The van der Waals surface area contributed by atoms with Gasteiger partial charge < -0.3 is 10.8 Å². The third kappa shape index (κ3) is 2.19. The van der Waals surface area contributed by atoms with Crippen molar-refractivity contribution >= 4 is 11.6 Å². The molecule has 3 heteroatoms. The predicted octanol–water partition coefficient (Wildman–Crippen LogP) is 0.615. The molecule has 0 aromatic heterocycles. The van der Waals surface area contributed by atoms with Crippen LogP contribution in [0.3, 0.4) is 0 Å². The fraction of sp³-hybridized carbons (Fsp3) is 0.250. The van der Waals surface area contributed by atoms with Crippen molar-refractivity contribution in [2.75, 3.05) is 6.54 Å². The summed E-state index contributed by atoms with van der Waals surface area (Å²) in [6.45, 7) is 0.488. The molecule has 1 rings (SSSR count). The standard InChI is InChI=1S/C8H10ClNO/c9-7-3-1-6(2-4-7)8(11)5-10/h1-4,8,11H,5,10H2/p+1/t8-/m0/s1. The van der Waals surface area contributed by atoms with E-state index in [9.17, 15) is 5.11 Å². The highest BCUT2D eigenvalue weighted by molar-refractivity contribution is 6.30. The van der Waals surface area contributed by atoms with E-state index < -0.39 is 6.10 Å². The number of hydrogen-bond acceptors (Lipinski definition) is 1. The van der Waals surface area contributed by atoms with Gasteiger partial charge in [0.2, 0.25) is 0 Å². The maximum Gasteiger partial charge on any atom is 0.128 e. The molecule has 0 bridgehead atoms. The Morgan fingerprint density at radius 3 is 2.36 bits per heavy atom. The van der Waals surface area contributed by atoms with Crippen molar-refractivity contribution in [3.8, 4) is 0 Å². The molecule has 0 heterocycles. The number of aliphatic hydroxyl groups is 1. The van der Waals surface area contributed by atoms with Crippen LogP contribution in [0.1, 0.15) is 11.7 Å². The van der Waals surface area contributed by atoms with Gasteiger partial charge in [-0.3, -0.25) is 0 Å². The molecule has 2 nitrogen and oxygen atoms in total. The SMILES string of the molecule is [NH3+]C[C@H](O)c1ccc(Cl)cc1. The van der Waals surface area contributed by atoms with E-state index in [0.29, 0.717) is 11.6 Å². The highest BCUT2D eigenvalue weighted by Crippen LogP contribution is 2.14. The highest BCUT2D eigenvalue weighted by atomic mass is 35.5. The Kier molecular flexibility index (Phi) is 2.88. The minimum absolute atomic E-state index is 0.465. The Hall–Kier alpha value is -0.570. The van der Waals surface area contributed by atoms with E-state index in [1.165, 1.54) is 0 Å². The summed E-state index contributed by atoms with van der Waals surface area (Å²) in [6, 6.07) is 7.13. The smallest absolute Gasteiger partial charge is 0.128 e. The second kappa shape index (κ2) is 3.72. The van der Waals surface area contributed by atoms with Crippen molar-refractivity contribution < 1.29 is 10.8 Å². The van der Waals surface area contributed by atoms with Gasteiger partial charge in [-0.2, -0.15) is 0 Å². The van der Waals surface area contributed by atoms with E-state index in [0.717, 1.165) is 5.56 Å². The Morgan fingerprint density at radius 1 is 1.36 bits per heavy atom. The Labute approximate surface area is 70.6 Å². The molecule has 11 heavy (non-hydrogen) atoms. The quantitative estimate of drug-likeness (QED) is 0.675. The summed E-state index contributed by atoms with van der Waals surface area (Å²) in [5.41, 5.74) is 4.47. The van der Waals surface area contributed by atoms with Crippen molar-refractivity contribution in [2.24, 2.45) is 0 Å². The average molecular weight is 173 g/mol. The lowest BCUT2D eigenvalue weighted by Gasteiger charge is -2.04. The van der Waals surface area contributed by atoms with E-state index in [2.05, 4.69) is 5.73 Å². The van der Waals surface area contributed by atoms with Crippen LogP contribution in [0.2, 0.25) is 5.02 Å². The van der Waals surface area contributed by atoms with Gasteiger partial charge in [0.25, 0.3) is 0 Å². The van der Waals surface area contributed by atoms with Crippen molar-refractivity contribution in [3.05, 3.63) is 34.9 Å². The molecule has 0 aliphatic rings. The zero-order valence-electron chi connectivity index (χ0n) is 6.13. The topological polar surface area (TPSA) is 47.9 Å². The molecule has 0 aliphatic carbocycles. The van der Waals surface area contributed by atoms with Crippen molar-refractivity contribution in [3.63, 3.8) is 0 Å². The molecule has 0 radical (unpaired) electrons. The number of hydrogen-bond donors (Lipinski definition) is 2. The molecule has 1 aromatic rings.